The first-order valence-corrected chi connectivity index (χ1v) is 6.10. The van der Waals surface area contributed by atoms with Gasteiger partial charge < -0.3 is 5.73 Å². The van der Waals surface area contributed by atoms with Gasteiger partial charge in [-0.1, -0.05) is 22.9 Å². The van der Waals surface area contributed by atoms with Gasteiger partial charge in [0.15, 0.2) is 0 Å². The maximum Gasteiger partial charge on any atom is 0.125 e. The molecule has 0 amide bonds. The predicted octanol–water partition coefficient (Wildman–Crippen LogP) is 3.13. The highest BCUT2D eigenvalue weighted by molar-refractivity contribution is 9.10. The van der Waals surface area contributed by atoms with Gasteiger partial charge >= 0.3 is 0 Å². The van der Waals surface area contributed by atoms with Crippen LogP contribution in [0.5, 0.6) is 0 Å². The zero-order valence-electron chi connectivity index (χ0n) is 9.67. The lowest BCUT2D eigenvalue weighted by molar-refractivity contribution is 0.627. The Labute approximate surface area is 108 Å². The van der Waals surface area contributed by atoms with Crippen molar-refractivity contribution < 1.29 is 4.39 Å². The fourth-order valence-electron chi connectivity index (χ4n) is 1.85. The Hall–Kier alpha value is -1.36. The van der Waals surface area contributed by atoms with Crippen LogP contribution in [-0.2, 0) is 13.5 Å². The van der Waals surface area contributed by atoms with Gasteiger partial charge in [0.25, 0.3) is 0 Å². The summed E-state index contributed by atoms with van der Waals surface area (Å²) in [5.74, 6) is 0.337. The molecule has 1 aromatic heterocycles. The minimum atomic E-state index is -0.291. The topological polar surface area (TPSA) is 43.8 Å². The van der Waals surface area contributed by atoms with E-state index in [9.17, 15) is 4.39 Å². The molecule has 0 radical (unpaired) electrons. The molecular formula is C12H13BrFN3. The van der Waals surface area contributed by atoms with E-state index in [-0.39, 0.29) is 5.82 Å². The van der Waals surface area contributed by atoms with E-state index >= 15 is 0 Å². The van der Waals surface area contributed by atoms with E-state index in [1.165, 1.54) is 12.1 Å². The van der Waals surface area contributed by atoms with E-state index in [1.807, 2.05) is 13.0 Å². The van der Waals surface area contributed by atoms with E-state index in [0.29, 0.717) is 10.3 Å². The number of nitrogens with two attached hydrogens (primary N) is 1. The molecule has 0 unspecified atom stereocenters. The molecule has 0 aliphatic rings. The second-order valence-electron chi connectivity index (χ2n) is 3.85. The van der Waals surface area contributed by atoms with Crippen LogP contribution in [-0.4, -0.2) is 9.78 Å². The largest absolute Gasteiger partial charge is 0.384 e. The second kappa shape index (κ2) is 4.49. The molecule has 1 aromatic carbocycles. The van der Waals surface area contributed by atoms with Crippen LogP contribution in [0.3, 0.4) is 0 Å². The summed E-state index contributed by atoms with van der Waals surface area (Å²) in [6, 6.07) is 4.72. The van der Waals surface area contributed by atoms with Gasteiger partial charge in [0.1, 0.15) is 11.6 Å². The number of rotatable bonds is 2. The van der Waals surface area contributed by atoms with Gasteiger partial charge in [-0.05, 0) is 24.6 Å². The summed E-state index contributed by atoms with van der Waals surface area (Å²) in [6.07, 6.45) is 0.767. The summed E-state index contributed by atoms with van der Waals surface area (Å²) in [7, 11) is 1.78. The monoisotopic (exact) mass is 297 g/mol. The van der Waals surface area contributed by atoms with Crippen LogP contribution < -0.4 is 5.73 Å². The van der Waals surface area contributed by atoms with Crippen molar-refractivity contribution in [1.29, 1.82) is 0 Å². The van der Waals surface area contributed by atoms with E-state index in [4.69, 9.17) is 5.73 Å². The molecular weight excluding hydrogens is 285 g/mol. The van der Waals surface area contributed by atoms with Gasteiger partial charge in [-0.2, -0.15) is 5.10 Å². The van der Waals surface area contributed by atoms with Crippen LogP contribution in [0, 0.1) is 5.82 Å². The van der Waals surface area contributed by atoms with Crippen LogP contribution in [0.15, 0.2) is 22.7 Å². The van der Waals surface area contributed by atoms with Crippen molar-refractivity contribution in [2.24, 2.45) is 7.05 Å². The summed E-state index contributed by atoms with van der Waals surface area (Å²) >= 11 is 3.28. The summed E-state index contributed by atoms with van der Waals surface area (Å²) < 4.78 is 15.7. The number of benzene rings is 1. The fourth-order valence-corrected chi connectivity index (χ4v) is 2.32. The first-order valence-electron chi connectivity index (χ1n) is 5.30. The highest BCUT2D eigenvalue weighted by Gasteiger charge is 2.14. The van der Waals surface area contributed by atoms with E-state index < -0.39 is 0 Å². The Bertz CT molecular complexity index is 543. The van der Waals surface area contributed by atoms with Crippen LogP contribution in [0.4, 0.5) is 10.2 Å². The van der Waals surface area contributed by atoms with Crippen molar-refractivity contribution >= 4 is 21.7 Å². The van der Waals surface area contributed by atoms with Crippen molar-refractivity contribution in [2.75, 3.05) is 5.73 Å². The van der Waals surface area contributed by atoms with Crippen molar-refractivity contribution in [2.45, 2.75) is 13.3 Å². The average molecular weight is 298 g/mol. The predicted molar refractivity (Wildman–Crippen MR) is 70.1 cm³/mol. The molecule has 3 nitrogen and oxygen atoms in total. The minimum absolute atomic E-state index is 0.291. The maximum absolute atomic E-state index is 13.4. The summed E-state index contributed by atoms with van der Waals surface area (Å²) in [5.41, 5.74) is 8.35. The number of aromatic nitrogens is 2. The first kappa shape index (κ1) is 12.1. The molecule has 2 N–H and O–H groups in total. The van der Waals surface area contributed by atoms with Gasteiger partial charge in [0.2, 0.25) is 0 Å². The van der Waals surface area contributed by atoms with E-state index in [1.54, 1.807) is 11.7 Å². The number of nitrogens with zero attached hydrogens (tertiary/aromatic N) is 2. The minimum Gasteiger partial charge on any atom is -0.384 e. The lowest BCUT2D eigenvalue weighted by Gasteiger charge is -2.02. The average Bonchev–Trinajstić information content (AvgIpc) is 2.54. The lowest BCUT2D eigenvalue weighted by Crippen LogP contribution is -1.98. The summed E-state index contributed by atoms with van der Waals surface area (Å²) in [6.45, 7) is 2.01. The van der Waals surface area contributed by atoms with Crippen molar-refractivity contribution in [3.8, 4) is 11.3 Å². The molecule has 0 aliphatic carbocycles. The SMILES string of the molecule is CCc1c(-c2cc(F)cc(Br)c2)nn(C)c1N. The molecule has 0 atom stereocenters. The van der Waals surface area contributed by atoms with Crippen molar-refractivity contribution in [3.63, 3.8) is 0 Å². The van der Waals surface area contributed by atoms with Crippen molar-refractivity contribution in [3.05, 3.63) is 34.1 Å². The summed E-state index contributed by atoms with van der Waals surface area (Å²) in [5, 5.41) is 4.34. The zero-order valence-corrected chi connectivity index (χ0v) is 11.3. The summed E-state index contributed by atoms with van der Waals surface area (Å²) in [4.78, 5) is 0. The Morgan fingerprint density at radius 1 is 1.41 bits per heavy atom. The number of halogens is 2. The number of aryl methyl sites for hydroxylation is 1. The van der Waals surface area contributed by atoms with Crippen LogP contribution in [0.2, 0.25) is 0 Å². The normalized spacial score (nSPS) is 10.8. The van der Waals surface area contributed by atoms with Gasteiger partial charge in [-0.15, -0.1) is 0 Å². The third-order valence-electron chi connectivity index (χ3n) is 2.68. The molecule has 0 saturated carbocycles. The quantitative estimate of drug-likeness (QED) is 0.925. The van der Waals surface area contributed by atoms with Crippen molar-refractivity contribution in [1.82, 2.24) is 9.78 Å². The standard InChI is InChI=1S/C12H13BrFN3/c1-3-10-11(16-17(2)12(10)15)7-4-8(13)6-9(14)5-7/h4-6H,3,15H2,1-2H3. The molecule has 0 fully saturated rings. The molecule has 0 aliphatic heterocycles. The number of nitrogen functional groups attached to an aromatic ring is 1. The third kappa shape index (κ3) is 2.20. The Balaban J connectivity index is 2.63. The highest BCUT2D eigenvalue weighted by atomic mass is 79.9. The molecule has 0 bridgehead atoms. The number of anilines is 1. The Morgan fingerprint density at radius 2 is 2.12 bits per heavy atom. The van der Waals surface area contributed by atoms with Gasteiger partial charge in [0.05, 0.1) is 5.69 Å². The van der Waals surface area contributed by atoms with Crippen LogP contribution in [0.1, 0.15) is 12.5 Å². The Kier molecular flexibility index (Phi) is 3.19. The molecule has 1 heterocycles. The number of hydrogen-bond acceptors (Lipinski definition) is 2. The van der Waals surface area contributed by atoms with E-state index in [0.717, 1.165) is 23.2 Å². The fraction of sp³-hybridized carbons (Fsp3) is 0.250. The zero-order chi connectivity index (χ0) is 12.6. The van der Waals surface area contributed by atoms with Crippen LogP contribution >= 0.6 is 15.9 Å². The molecule has 2 aromatic rings. The Morgan fingerprint density at radius 3 is 2.71 bits per heavy atom. The van der Waals surface area contributed by atoms with Crippen LogP contribution in [0.25, 0.3) is 11.3 Å². The lowest BCUT2D eigenvalue weighted by atomic mass is 10.1. The van der Waals surface area contributed by atoms with Gasteiger partial charge in [-0.3, -0.25) is 4.68 Å². The number of hydrogen-bond donors (Lipinski definition) is 1. The smallest absolute Gasteiger partial charge is 0.125 e. The molecule has 0 spiro atoms. The molecule has 0 saturated heterocycles. The molecule has 17 heavy (non-hydrogen) atoms. The van der Waals surface area contributed by atoms with E-state index in [2.05, 4.69) is 21.0 Å². The molecule has 2 rings (SSSR count). The second-order valence-corrected chi connectivity index (χ2v) is 4.76. The van der Waals surface area contributed by atoms with Gasteiger partial charge in [-0.25, -0.2) is 4.39 Å². The van der Waals surface area contributed by atoms with Gasteiger partial charge in [0, 0.05) is 22.6 Å². The molecule has 90 valence electrons. The first-order chi connectivity index (χ1) is 8.02. The highest BCUT2D eigenvalue weighted by Crippen LogP contribution is 2.29. The molecule has 5 heteroatoms. The maximum atomic E-state index is 13.4. The third-order valence-corrected chi connectivity index (χ3v) is 3.14.